The van der Waals surface area contributed by atoms with Gasteiger partial charge in [-0.05, 0) is 5.92 Å². The van der Waals surface area contributed by atoms with Gasteiger partial charge in [-0.2, -0.15) is 0 Å². The second-order valence-corrected chi connectivity index (χ2v) is 2.54. The van der Waals surface area contributed by atoms with Crippen LogP contribution < -0.4 is 0 Å². The maximum absolute atomic E-state index is 3.81. The van der Waals surface area contributed by atoms with Crippen LogP contribution in [0.4, 0.5) is 0 Å². The van der Waals surface area contributed by atoms with Crippen LogP contribution in [-0.2, 0) is 0 Å². The summed E-state index contributed by atoms with van der Waals surface area (Å²) in [5, 5.41) is 0. The number of hydrogen-bond donors (Lipinski definition) is 0. The van der Waals surface area contributed by atoms with Crippen molar-refractivity contribution in [3.8, 4) is 0 Å². The second kappa shape index (κ2) is 5.14. The third-order valence-electron chi connectivity index (χ3n) is 1.48. The molecule has 0 N–H and O–H groups in total. The van der Waals surface area contributed by atoms with Crippen LogP contribution in [0.15, 0.2) is 0 Å². The first-order valence-electron chi connectivity index (χ1n) is 3.60. The zero-order valence-electron chi connectivity index (χ0n) is 6.11. The van der Waals surface area contributed by atoms with Crippen molar-refractivity contribution in [1.82, 2.24) is 0 Å². The van der Waals surface area contributed by atoms with Gasteiger partial charge in [0.25, 0.3) is 0 Å². The molecule has 1 unspecified atom stereocenters. The molecule has 0 heterocycles. The number of rotatable bonds is 4. The lowest BCUT2D eigenvalue weighted by Crippen LogP contribution is -1.91. The Morgan fingerprint density at radius 1 is 1.38 bits per heavy atom. The Labute approximate surface area is 53.3 Å². The Morgan fingerprint density at radius 2 is 2.00 bits per heavy atom. The topological polar surface area (TPSA) is 0 Å². The largest absolute Gasteiger partial charge is 0.0654 e. The lowest BCUT2D eigenvalue weighted by molar-refractivity contribution is 0.490. The molecular formula is C8H17. The number of hydrogen-bond acceptors (Lipinski definition) is 0. The Morgan fingerprint density at radius 3 is 2.38 bits per heavy atom. The molecule has 0 aromatic carbocycles. The second-order valence-electron chi connectivity index (χ2n) is 2.54. The molecule has 0 saturated heterocycles. The van der Waals surface area contributed by atoms with Crippen molar-refractivity contribution in [3.05, 3.63) is 6.92 Å². The van der Waals surface area contributed by atoms with E-state index in [1.165, 1.54) is 19.3 Å². The van der Waals surface area contributed by atoms with Crippen molar-refractivity contribution in [1.29, 1.82) is 0 Å². The molecule has 1 radical (unpaired) electrons. The molecule has 0 amide bonds. The van der Waals surface area contributed by atoms with Gasteiger partial charge in [-0.25, -0.2) is 0 Å². The molecule has 8 heavy (non-hydrogen) atoms. The van der Waals surface area contributed by atoms with Crippen LogP contribution in [0, 0.1) is 12.8 Å². The van der Waals surface area contributed by atoms with E-state index in [9.17, 15) is 0 Å². The van der Waals surface area contributed by atoms with Crippen LogP contribution in [0.3, 0.4) is 0 Å². The molecule has 0 saturated carbocycles. The Bertz CT molecular complexity index is 33.3. The summed E-state index contributed by atoms with van der Waals surface area (Å²) in [7, 11) is 0. The summed E-state index contributed by atoms with van der Waals surface area (Å²) < 4.78 is 0. The minimum absolute atomic E-state index is 0.900. The summed E-state index contributed by atoms with van der Waals surface area (Å²) in [6.07, 6.45) is 5.09. The van der Waals surface area contributed by atoms with Crippen molar-refractivity contribution in [2.45, 2.75) is 39.5 Å². The van der Waals surface area contributed by atoms with E-state index >= 15 is 0 Å². The van der Waals surface area contributed by atoms with Crippen molar-refractivity contribution in [3.63, 3.8) is 0 Å². The van der Waals surface area contributed by atoms with E-state index in [1.807, 2.05) is 0 Å². The first-order valence-corrected chi connectivity index (χ1v) is 3.60. The Balaban J connectivity index is 2.92. The highest BCUT2D eigenvalue weighted by molar-refractivity contribution is 4.52. The fourth-order valence-corrected chi connectivity index (χ4v) is 0.986. The standard InChI is InChI=1S/C8H17/c1-4-6-8(3)7-5-2/h8H,1,4-7H2,2-3H3. The average Bonchev–Trinajstić information content (AvgIpc) is 1.68. The first-order chi connectivity index (χ1) is 3.81. The smallest absolute Gasteiger partial charge is 0.0443 e. The van der Waals surface area contributed by atoms with Crippen LogP contribution in [0.2, 0.25) is 0 Å². The van der Waals surface area contributed by atoms with Gasteiger partial charge in [0, 0.05) is 0 Å². The molecule has 0 aliphatic carbocycles. The molecule has 0 fully saturated rings. The molecule has 0 bridgehead atoms. The predicted octanol–water partition coefficient (Wildman–Crippen LogP) is 3.04. The molecule has 0 aromatic heterocycles. The summed E-state index contributed by atoms with van der Waals surface area (Å²) in [6, 6.07) is 0. The fraction of sp³-hybridized carbons (Fsp3) is 0.875. The summed E-state index contributed by atoms with van der Waals surface area (Å²) in [4.78, 5) is 0. The fourth-order valence-electron chi connectivity index (χ4n) is 0.986. The molecule has 0 rings (SSSR count). The van der Waals surface area contributed by atoms with Crippen LogP contribution >= 0.6 is 0 Å². The maximum Gasteiger partial charge on any atom is -0.0443 e. The molecule has 0 aromatic rings. The first kappa shape index (κ1) is 8.00. The van der Waals surface area contributed by atoms with Gasteiger partial charge in [-0.15, -0.1) is 0 Å². The highest BCUT2D eigenvalue weighted by Crippen LogP contribution is 2.10. The Kier molecular flexibility index (Phi) is 5.14. The van der Waals surface area contributed by atoms with Gasteiger partial charge in [0.15, 0.2) is 0 Å². The molecule has 1 atom stereocenters. The van der Waals surface area contributed by atoms with Crippen molar-refractivity contribution >= 4 is 0 Å². The molecule has 49 valence electrons. The molecule has 0 heteroatoms. The van der Waals surface area contributed by atoms with Crippen LogP contribution in [0.25, 0.3) is 0 Å². The molecule has 0 aliphatic rings. The van der Waals surface area contributed by atoms with Gasteiger partial charge in [0.1, 0.15) is 0 Å². The van der Waals surface area contributed by atoms with E-state index < -0.39 is 0 Å². The quantitative estimate of drug-likeness (QED) is 0.525. The van der Waals surface area contributed by atoms with E-state index in [-0.39, 0.29) is 0 Å². The van der Waals surface area contributed by atoms with Gasteiger partial charge >= 0.3 is 0 Å². The van der Waals surface area contributed by atoms with Crippen LogP contribution in [-0.4, -0.2) is 0 Å². The lowest BCUT2D eigenvalue weighted by atomic mass is 10.0. The maximum atomic E-state index is 3.81. The predicted molar refractivity (Wildman–Crippen MR) is 38.7 cm³/mol. The van der Waals surface area contributed by atoms with E-state index in [0.717, 1.165) is 12.3 Å². The minimum Gasteiger partial charge on any atom is -0.0654 e. The van der Waals surface area contributed by atoms with Crippen LogP contribution in [0.5, 0.6) is 0 Å². The van der Waals surface area contributed by atoms with Crippen molar-refractivity contribution in [2.24, 2.45) is 5.92 Å². The SMILES string of the molecule is [CH2]CCC(C)CCC. The summed E-state index contributed by atoms with van der Waals surface area (Å²) in [6.45, 7) is 8.34. The normalized spacial score (nSPS) is 10.5. The lowest BCUT2D eigenvalue weighted by Gasteiger charge is -2.05. The van der Waals surface area contributed by atoms with Gasteiger partial charge in [0.05, 0.1) is 0 Å². The van der Waals surface area contributed by atoms with Crippen molar-refractivity contribution < 1.29 is 0 Å². The third-order valence-corrected chi connectivity index (χ3v) is 1.48. The van der Waals surface area contributed by atoms with Crippen LogP contribution in [0.1, 0.15) is 39.5 Å². The van der Waals surface area contributed by atoms with E-state index in [2.05, 4.69) is 20.8 Å². The van der Waals surface area contributed by atoms with E-state index in [4.69, 9.17) is 0 Å². The molecule has 0 nitrogen and oxygen atoms in total. The summed E-state index contributed by atoms with van der Waals surface area (Å²) in [5.74, 6) is 0.900. The van der Waals surface area contributed by atoms with E-state index in [1.54, 1.807) is 0 Å². The minimum atomic E-state index is 0.900. The average molecular weight is 113 g/mol. The summed E-state index contributed by atoms with van der Waals surface area (Å²) in [5.41, 5.74) is 0. The molecule has 0 spiro atoms. The van der Waals surface area contributed by atoms with Gasteiger partial charge in [-0.1, -0.05) is 46.5 Å². The molecule has 0 aliphatic heterocycles. The highest BCUT2D eigenvalue weighted by Gasteiger charge is 1.95. The zero-order chi connectivity index (χ0) is 6.41. The van der Waals surface area contributed by atoms with Gasteiger partial charge in [0.2, 0.25) is 0 Å². The molecular weight excluding hydrogens is 96.1 g/mol. The third kappa shape index (κ3) is 4.17. The monoisotopic (exact) mass is 113 g/mol. The van der Waals surface area contributed by atoms with Gasteiger partial charge < -0.3 is 0 Å². The van der Waals surface area contributed by atoms with Crippen molar-refractivity contribution in [2.75, 3.05) is 0 Å². The summed E-state index contributed by atoms with van der Waals surface area (Å²) >= 11 is 0. The van der Waals surface area contributed by atoms with E-state index in [0.29, 0.717) is 0 Å². The van der Waals surface area contributed by atoms with Gasteiger partial charge in [-0.3, -0.25) is 0 Å². The Hall–Kier alpha value is 0. The highest BCUT2D eigenvalue weighted by atomic mass is 14.0. The zero-order valence-corrected chi connectivity index (χ0v) is 6.11.